The van der Waals surface area contributed by atoms with Crippen molar-refractivity contribution in [1.82, 2.24) is 9.55 Å². The second-order valence-corrected chi connectivity index (χ2v) is 8.77. The molecule has 6 heteroatoms. The van der Waals surface area contributed by atoms with E-state index in [1.54, 1.807) is 16.3 Å². The molecule has 0 spiro atoms. The first-order valence-electron chi connectivity index (χ1n) is 10.0. The lowest BCUT2D eigenvalue weighted by molar-refractivity contribution is -0.117. The highest BCUT2D eigenvalue weighted by Gasteiger charge is 2.21. The molecule has 4 rings (SSSR count). The van der Waals surface area contributed by atoms with Crippen LogP contribution in [0, 0.1) is 5.92 Å². The monoisotopic (exact) mass is 407 g/mol. The van der Waals surface area contributed by atoms with Crippen LogP contribution in [-0.4, -0.2) is 22.0 Å². The number of rotatable bonds is 6. The number of anilines is 1. The van der Waals surface area contributed by atoms with Crippen LogP contribution in [0.2, 0.25) is 0 Å². The van der Waals surface area contributed by atoms with Gasteiger partial charge in [0.2, 0.25) is 5.91 Å². The van der Waals surface area contributed by atoms with Crippen LogP contribution in [0.5, 0.6) is 0 Å². The lowest BCUT2D eigenvalue weighted by Gasteiger charge is -2.16. The molecule has 1 saturated heterocycles. The Kier molecular flexibility index (Phi) is 5.72. The van der Waals surface area contributed by atoms with Crippen molar-refractivity contribution in [2.45, 2.75) is 44.1 Å². The van der Waals surface area contributed by atoms with Crippen molar-refractivity contribution in [3.8, 4) is 0 Å². The van der Waals surface area contributed by atoms with E-state index in [4.69, 9.17) is 4.98 Å². The van der Waals surface area contributed by atoms with Crippen LogP contribution in [0.15, 0.2) is 58.5 Å². The summed E-state index contributed by atoms with van der Waals surface area (Å²) < 4.78 is 1.80. The summed E-state index contributed by atoms with van der Waals surface area (Å²) in [5.41, 5.74) is 2.86. The molecule has 1 aromatic heterocycles. The summed E-state index contributed by atoms with van der Waals surface area (Å²) in [4.78, 5) is 31.5. The Morgan fingerprint density at radius 3 is 2.52 bits per heavy atom. The van der Waals surface area contributed by atoms with Gasteiger partial charge in [-0.05, 0) is 42.2 Å². The lowest BCUT2D eigenvalue weighted by atomic mass is 10.2. The van der Waals surface area contributed by atoms with Crippen molar-refractivity contribution < 1.29 is 4.79 Å². The Morgan fingerprint density at radius 2 is 1.83 bits per heavy atom. The van der Waals surface area contributed by atoms with Gasteiger partial charge in [0, 0.05) is 31.0 Å². The first kappa shape index (κ1) is 19.7. The highest BCUT2D eigenvalue weighted by molar-refractivity contribution is 7.98. The minimum atomic E-state index is 0.0229. The molecule has 1 aliphatic rings. The Labute approximate surface area is 174 Å². The summed E-state index contributed by atoms with van der Waals surface area (Å²) >= 11 is 1.58. The summed E-state index contributed by atoms with van der Waals surface area (Å²) in [6, 6.07) is 15.7. The average Bonchev–Trinajstić information content (AvgIpc) is 3.15. The van der Waals surface area contributed by atoms with Crippen LogP contribution in [0.4, 0.5) is 5.69 Å². The molecular formula is C23H25N3O2S. The number of aromatic nitrogens is 2. The SMILES string of the molecule is CC(C)Cn1c(SCc2ccc(N3CCCC3=O)cc2)nc2ccccc2c1=O. The van der Waals surface area contributed by atoms with E-state index in [1.165, 1.54) is 0 Å². The molecule has 0 unspecified atom stereocenters. The standard InChI is InChI=1S/C23H25N3O2S/c1-16(2)14-26-22(28)19-6-3-4-7-20(19)24-23(26)29-15-17-9-11-18(12-10-17)25-13-5-8-21(25)27/h3-4,6-7,9-12,16H,5,8,13-15H2,1-2H3. The Morgan fingerprint density at radius 1 is 1.07 bits per heavy atom. The molecule has 29 heavy (non-hydrogen) atoms. The fraction of sp³-hybridized carbons (Fsp3) is 0.348. The van der Waals surface area contributed by atoms with Gasteiger partial charge in [0.25, 0.3) is 5.56 Å². The zero-order valence-corrected chi connectivity index (χ0v) is 17.6. The van der Waals surface area contributed by atoms with Crippen LogP contribution in [0.1, 0.15) is 32.3 Å². The van der Waals surface area contributed by atoms with Crippen molar-refractivity contribution in [3.05, 3.63) is 64.4 Å². The number of benzene rings is 2. The van der Waals surface area contributed by atoms with E-state index in [2.05, 4.69) is 26.0 Å². The molecule has 1 aliphatic heterocycles. The molecular weight excluding hydrogens is 382 g/mol. The molecule has 1 amide bonds. The van der Waals surface area contributed by atoms with E-state index in [1.807, 2.05) is 41.3 Å². The average molecular weight is 408 g/mol. The van der Waals surface area contributed by atoms with Gasteiger partial charge in [-0.1, -0.05) is 49.9 Å². The molecule has 2 heterocycles. The molecule has 0 bridgehead atoms. The molecule has 0 atom stereocenters. The number of carbonyl (C=O) groups excluding carboxylic acids is 1. The van der Waals surface area contributed by atoms with E-state index in [0.29, 0.717) is 24.3 Å². The third-order valence-corrected chi connectivity index (χ3v) is 6.11. The molecule has 1 fully saturated rings. The van der Waals surface area contributed by atoms with Gasteiger partial charge in [-0.3, -0.25) is 14.2 Å². The number of fused-ring (bicyclic) bond motifs is 1. The van der Waals surface area contributed by atoms with Crippen LogP contribution in [0.3, 0.4) is 0 Å². The predicted molar refractivity (Wildman–Crippen MR) is 118 cm³/mol. The van der Waals surface area contributed by atoms with Crippen molar-refractivity contribution in [3.63, 3.8) is 0 Å². The largest absolute Gasteiger partial charge is 0.312 e. The first-order chi connectivity index (χ1) is 14.0. The van der Waals surface area contributed by atoms with Gasteiger partial charge >= 0.3 is 0 Å². The zero-order valence-electron chi connectivity index (χ0n) is 16.8. The normalized spacial score (nSPS) is 14.3. The Balaban J connectivity index is 1.57. The second kappa shape index (κ2) is 8.41. The molecule has 2 aromatic carbocycles. The van der Waals surface area contributed by atoms with Gasteiger partial charge in [-0.2, -0.15) is 0 Å². The van der Waals surface area contributed by atoms with Gasteiger partial charge in [-0.25, -0.2) is 4.98 Å². The summed E-state index contributed by atoms with van der Waals surface area (Å²) in [7, 11) is 0. The third-order valence-electron chi connectivity index (χ3n) is 5.06. The number of hydrogen-bond donors (Lipinski definition) is 0. The van der Waals surface area contributed by atoms with Crippen molar-refractivity contribution >= 4 is 34.3 Å². The maximum absolute atomic E-state index is 13.0. The quantitative estimate of drug-likeness (QED) is 0.447. The summed E-state index contributed by atoms with van der Waals surface area (Å²) in [6.45, 7) is 5.66. The molecule has 0 N–H and O–H groups in total. The molecule has 0 radical (unpaired) electrons. The topological polar surface area (TPSA) is 55.2 Å². The van der Waals surface area contributed by atoms with Crippen LogP contribution < -0.4 is 10.5 Å². The van der Waals surface area contributed by atoms with Gasteiger partial charge < -0.3 is 4.90 Å². The minimum Gasteiger partial charge on any atom is -0.312 e. The highest BCUT2D eigenvalue weighted by Crippen LogP contribution is 2.26. The molecule has 0 aliphatic carbocycles. The van der Waals surface area contributed by atoms with Crippen LogP contribution in [0.25, 0.3) is 10.9 Å². The lowest BCUT2D eigenvalue weighted by Crippen LogP contribution is -2.25. The highest BCUT2D eigenvalue weighted by atomic mass is 32.2. The fourth-order valence-corrected chi connectivity index (χ4v) is 4.59. The number of amides is 1. The van der Waals surface area contributed by atoms with Gasteiger partial charge in [0.1, 0.15) is 0 Å². The van der Waals surface area contributed by atoms with E-state index in [0.717, 1.165) is 40.6 Å². The van der Waals surface area contributed by atoms with E-state index in [9.17, 15) is 9.59 Å². The smallest absolute Gasteiger partial charge is 0.262 e. The molecule has 0 saturated carbocycles. The van der Waals surface area contributed by atoms with Crippen molar-refractivity contribution in [2.75, 3.05) is 11.4 Å². The van der Waals surface area contributed by atoms with Gasteiger partial charge in [0.05, 0.1) is 10.9 Å². The number of thioether (sulfide) groups is 1. The van der Waals surface area contributed by atoms with Gasteiger partial charge in [-0.15, -0.1) is 0 Å². The maximum atomic E-state index is 13.0. The minimum absolute atomic E-state index is 0.0229. The van der Waals surface area contributed by atoms with Crippen molar-refractivity contribution in [2.24, 2.45) is 5.92 Å². The van der Waals surface area contributed by atoms with Gasteiger partial charge in [0.15, 0.2) is 5.16 Å². The molecule has 3 aromatic rings. The number of carbonyl (C=O) groups is 1. The number of nitrogens with zero attached hydrogens (tertiary/aromatic N) is 3. The molecule has 5 nitrogen and oxygen atoms in total. The van der Waals surface area contributed by atoms with E-state index >= 15 is 0 Å². The maximum Gasteiger partial charge on any atom is 0.262 e. The number of hydrogen-bond acceptors (Lipinski definition) is 4. The predicted octanol–water partition coefficient (Wildman–Crippen LogP) is 4.47. The molecule has 150 valence electrons. The Hall–Kier alpha value is -2.60. The summed E-state index contributed by atoms with van der Waals surface area (Å²) in [6.07, 6.45) is 1.57. The van der Waals surface area contributed by atoms with Crippen LogP contribution >= 0.6 is 11.8 Å². The first-order valence-corrected chi connectivity index (χ1v) is 11.0. The number of para-hydroxylation sites is 1. The third kappa shape index (κ3) is 4.22. The van der Waals surface area contributed by atoms with E-state index < -0.39 is 0 Å². The summed E-state index contributed by atoms with van der Waals surface area (Å²) in [5.74, 6) is 1.27. The van der Waals surface area contributed by atoms with Crippen molar-refractivity contribution in [1.29, 1.82) is 0 Å². The summed E-state index contributed by atoms with van der Waals surface area (Å²) in [5, 5.41) is 1.42. The zero-order chi connectivity index (χ0) is 20.4. The second-order valence-electron chi connectivity index (χ2n) is 7.83. The van der Waals surface area contributed by atoms with Crippen LogP contribution in [-0.2, 0) is 17.1 Å². The fourth-order valence-electron chi connectivity index (χ4n) is 3.63. The van der Waals surface area contributed by atoms with E-state index in [-0.39, 0.29) is 11.5 Å². The Bertz CT molecular complexity index is 1090.